The Bertz CT molecular complexity index is 642. The minimum Gasteiger partial charge on any atom is -0.464 e. The summed E-state index contributed by atoms with van der Waals surface area (Å²) in [5, 5.41) is 1.37. The van der Waals surface area contributed by atoms with Crippen LogP contribution in [-0.2, 0) is 23.9 Å². The second kappa shape index (κ2) is 8.24. The number of para-hydroxylation sites is 1. The highest BCUT2D eigenvalue weighted by atomic mass is 16.7. The number of rotatable bonds is 6. The molecule has 0 bridgehead atoms. The van der Waals surface area contributed by atoms with Gasteiger partial charge in [0.2, 0.25) is 0 Å². The summed E-state index contributed by atoms with van der Waals surface area (Å²) in [5.41, 5.74) is 9.48. The molecule has 0 radical (unpaired) electrons. The van der Waals surface area contributed by atoms with E-state index in [1.165, 1.54) is 5.06 Å². The fourth-order valence-corrected chi connectivity index (χ4v) is 2.40. The first kappa shape index (κ1) is 17.7. The molecule has 1 heterocycles. The van der Waals surface area contributed by atoms with E-state index in [-0.39, 0.29) is 25.3 Å². The smallest absolute Gasteiger partial charge is 0.419 e. The Hall–Kier alpha value is -2.70. The summed E-state index contributed by atoms with van der Waals surface area (Å²) < 4.78 is 9.92. The highest BCUT2D eigenvalue weighted by Crippen LogP contribution is 2.29. The van der Waals surface area contributed by atoms with Crippen LogP contribution in [0.1, 0.15) is 20.3 Å². The molecule has 1 aliphatic rings. The molecule has 8 nitrogen and oxygen atoms in total. The van der Waals surface area contributed by atoms with E-state index in [1.54, 1.807) is 38.1 Å². The molecular formula is C16H19N3O5. The number of carbonyl (C=O) groups excluding carboxylic acids is 2. The Balaban J connectivity index is 2.27. The zero-order valence-corrected chi connectivity index (χ0v) is 13.5. The van der Waals surface area contributed by atoms with Gasteiger partial charge in [0.05, 0.1) is 18.9 Å². The number of anilines is 1. The highest BCUT2D eigenvalue weighted by Gasteiger charge is 2.47. The van der Waals surface area contributed by atoms with Gasteiger partial charge in [0.25, 0.3) is 0 Å². The van der Waals surface area contributed by atoms with E-state index in [0.717, 1.165) is 0 Å². The van der Waals surface area contributed by atoms with Crippen LogP contribution in [0.25, 0.3) is 5.53 Å². The van der Waals surface area contributed by atoms with Crippen LogP contribution in [0.15, 0.2) is 30.3 Å². The minimum absolute atomic E-state index is 0.103. The monoisotopic (exact) mass is 333 g/mol. The Morgan fingerprint density at radius 2 is 1.92 bits per heavy atom. The molecule has 128 valence electrons. The van der Waals surface area contributed by atoms with Crippen LogP contribution in [0, 0.1) is 0 Å². The maximum absolute atomic E-state index is 12.2. The first-order valence-corrected chi connectivity index (χ1v) is 7.69. The van der Waals surface area contributed by atoms with E-state index in [2.05, 4.69) is 4.79 Å². The SMILES string of the molecule is CCOC(=O)C(=[N+]=[N-])[C@H]1C[C@@H](C(=O)OCC)N(c2ccccc2)O1. The summed E-state index contributed by atoms with van der Waals surface area (Å²) in [6, 6.07) is 8.17. The Kier molecular flexibility index (Phi) is 6.06. The van der Waals surface area contributed by atoms with Crippen LogP contribution in [0.4, 0.5) is 5.69 Å². The summed E-state index contributed by atoms with van der Waals surface area (Å²) in [5.74, 6) is -1.27. The number of nitrogens with zero attached hydrogens (tertiary/aromatic N) is 3. The predicted molar refractivity (Wildman–Crippen MR) is 84.1 cm³/mol. The minimum atomic E-state index is -0.913. The predicted octanol–water partition coefficient (Wildman–Crippen LogP) is 1.36. The fraction of sp³-hybridized carbons (Fsp3) is 0.438. The van der Waals surface area contributed by atoms with E-state index in [9.17, 15) is 9.59 Å². The van der Waals surface area contributed by atoms with Gasteiger partial charge in [-0.3, -0.25) is 4.84 Å². The van der Waals surface area contributed by atoms with Gasteiger partial charge in [-0.15, -0.1) is 0 Å². The van der Waals surface area contributed by atoms with Crippen LogP contribution < -0.4 is 5.06 Å². The molecule has 24 heavy (non-hydrogen) atoms. The number of benzene rings is 1. The van der Waals surface area contributed by atoms with E-state index in [0.29, 0.717) is 5.69 Å². The summed E-state index contributed by atoms with van der Waals surface area (Å²) in [7, 11) is 0. The van der Waals surface area contributed by atoms with Crippen molar-refractivity contribution in [3.8, 4) is 0 Å². The van der Waals surface area contributed by atoms with E-state index in [4.69, 9.17) is 19.8 Å². The molecule has 0 N–H and O–H groups in total. The van der Waals surface area contributed by atoms with Gasteiger partial charge < -0.3 is 15.0 Å². The van der Waals surface area contributed by atoms with Gasteiger partial charge in [-0.2, -0.15) is 4.79 Å². The van der Waals surface area contributed by atoms with Gasteiger partial charge in [-0.1, -0.05) is 18.2 Å². The average Bonchev–Trinajstić information content (AvgIpc) is 3.02. The van der Waals surface area contributed by atoms with Crippen molar-refractivity contribution in [3.05, 3.63) is 35.9 Å². The van der Waals surface area contributed by atoms with Crippen molar-refractivity contribution < 1.29 is 28.7 Å². The number of ether oxygens (including phenoxy) is 2. The van der Waals surface area contributed by atoms with Crippen LogP contribution in [0.5, 0.6) is 0 Å². The van der Waals surface area contributed by atoms with Crippen molar-refractivity contribution in [2.75, 3.05) is 18.3 Å². The third kappa shape index (κ3) is 3.79. The Morgan fingerprint density at radius 1 is 1.25 bits per heavy atom. The maximum atomic E-state index is 12.2. The van der Waals surface area contributed by atoms with Crippen LogP contribution in [0.2, 0.25) is 0 Å². The standard InChI is InChI=1S/C16H19N3O5/c1-3-22-15(20)12-10-13(14(18-17)16(21)23-4-2)24-19(12)11-8-6-5-7-9-11/h5-9,12-13H,3-4,10H2,1-2H3/t12-,13+/m0/s1. The van der Waals surface area contributed by atoms with E-state index >= 15 is 0 Å². The molecule has 1 aromatic rings. The van der Waals surface area contributed by atoms with Gasteiger partial charge >= 0.3 is 17.7 Å². The van der Waals surface area contributed by atoms with Crippen LogP contribution >= 0.6 is 0 Å². The third-order valence-corrected chi connectivity index (χ3v) is 3.43. The zero-order chi connectivity index (χ0) is 17.5. The lowest BCUT2D eigenvalue weighted by atomic mass is 10.1. The second-order valence-electron chi connectivity index (χ2n) is 4.96. The van der Waals surface area contributed by atoms with Crippen molar-refractivity contribution in [1.29, 1.82) is 0 Å². The van der Waals surface area contributed by atoms with Gasteiger partial charge in [-0.25, -0.2) is 14.7 Å². The van der Waals surface area contributed by atoms with Crippen molar-refractivity contribution in [1.82, 2.24) is 0 Å². The molecule has 8 heteroatoms. The quantitative estimate of drug-likeness (QED) is 0.337. The molecule has 1 fully saturated rings. The van der Waals surface area contributed by atoms with Crippen molar-refractivity contribution in [2.45, 2.75) is 32.4 Å². The number of hydrogen-bond donors (Lipinski definition) is 0. The van der Waals surface area contributed by atoms with Crippen molar-refractivity contribution >= 4 is 23.3 Å². The van der Waals surface area contributed by atoms with E-state index in [1.807, 2.05) is 6.07 Å². The molecule has 0 aliphatic carbocycles. The topological polar surface area (TPSA) is 101 Å². The lowest BCUT2D eigenvalue weighted by molar-refractivity contribution is -0.145. The first-order chi connectivity index (χ1) is 11.6. The molecule has 1 aliphatic heterocycles. The molecule has 2 rings (SSSR count). The molecule has 0 unspecified atom stereocenters. The largest absolute Gasteiger partial charge is 0.464 e. The lowest BCUT2D eigenvalue weighted by Crippen LogP contribution is -2.36. The number of hydrogen-bond acceptors (Lipinski definition) is 6. The Morgan fingerprint density at radius 3 is 2.50 bits per heavy atom. The van der Waals surface area contributed by atoms with Gasteiger partial charge in [0.1, 0.15) is 0 Å². The summed E-state index contributed by atoms with van der Waals surface area (Å²) in [4.78, 5) is 32.8. The second-order valence-corrected chi connectivity index (χ2v) is 4.96. The number of carbonyl (C=O) groups is 2. The van der Waals surface area contributed by atoms with Crippen molar-refractivity contribution in [2.24, 2.45) is 0 Å². The maximum Gasteiger partial charge on any atom is 0.419 e. The molecule has 0 saturated carbocycles. The number of hydroxylamine groups is 1. The van der Waals surface area contributed by atoms with E-state index < -0.39 is 24.1 Å². The fourth-order valence-electron chi connectivity index (χ4n) is 2.40. The molecule has 0 spiro atoms. The normalized spacial score (nSPS) is 19.5. The van der Waals surface area contributed by atoms with Crippen LogP contribution in [-0.4, -0.2) is 47.8 Å². The third-order valence-electron chi connectivity index (χ3n) is 3.43. The lowest BCUT2D eigenvalue weighted by Gasteiger charge is -2.22. The molecule has 1 aromatic carbocycles. The van der Waals surface area contributed by atoms with Gasteiger partial charge in [-0.05, 0) is 26.0 Å². The average molecular weight is 333 g/mol. The van der Waals surface area contributed by atoms with Crippen molar-refractivity contribution in [3.63, 3.8) is 0 Å². The molecular weight excluding hydrogens is 314 g/mol. The zero-order valence-electron chi connectivity index (χ0n) is 13.5. The van der Waals surface area contributed by atoms with Crippen LogP contribution in [0.3, 0.4) is 0 Å². The molecule has 0 aromatic heterocycles. The summed E-state index contributed by atoms with van der Waals surface area (Å²) in [6.45, 7) is 3.70. The summed E-state index contributed by atoms with van der Waals surface area (Å²) in [6.07, 6.45) is -0.810. The van der Waals surface area contributed by atoms with Gasteiger partial charge in [0, 0.05) is 6.42 Å². The van der Waals surface area contributed by atoms with Gasteiger partial charge in [0.15, 0.2) is 12.1 Å². The summed E-state index contributed by atoms with van der Waals surface area (Å²) >= 11 is 0. The highest BCUT2D eigenvalue weighted by molar-refractivity contribution is 6.35. The number of esters is 2. The molecule has 1 saturated heterocycles. The Labute approximate surface area is 139 Å². The first-order valence-electron chi connectivity index (χ1n) is 7.69. The molecule has 2 atom stereocenters. The molecule has 0 amide bonds.